The molecule has 21 heavy (non-hydrogen) atoms. The molecule has 6 heteroatoms. The second-order valence-electron chi connectivity index (χ2n) is 4.10. The van der Waals surface area contributed by atoms with Crippen LogP contribution in [-0.4, -0.2) is 12.2 Å². The van der Waals surface area contributed by atoms with Gasteiger partial charge in [-0.1, -0.05) is 35.9 Å². The van der Waals surface area contributed by atoms with Crippen LogP contribution in [0.25, 0.3) is 11.1 Å². The number of anilines is 1. The molecule has 0 atom stereocenters. The maximum absolute atomic E-state index is 13.8. The van der Waals surface area contributed by atoms with Crippen LogP contribution in [0, 0.1) is 17.3 Å². The summed E-state index contributed by atoms with van der Waals surface area (Å²) in [5.41, 5.74) is 1.48. The highest BCUT2D eigenvalue weighted by atomic mass is 35.5. The highest BCUT2D eigenvalue weighted by molar-refractivity contribution is 7.97. The Balaban J connectivity index is 2.48. The van der Waals surface area contributed by atoms with Crippen molar-refractivity contribution in [2.24, 2.45) is 4.99 Å². The van der Waals surface area contributed by atoms with Crippen molar-refractivity contribution in [2.45, 2.75) is 0 Å². The molecule has 0 aliphatic carbocycles. The topological polar surface area (TPSA) is 39.4 Å². The van der Waals surface area contributed by atoms with Crippen molar-refractivity contribution in [3.05, 3.63) is 53.3 Å². The van der Waals surface area contributed by atoms with Gasteiger partial charge in [0.25, 0.3) is 0 Å². The Morgan fingerprint density at radius 1 is 1.29 bits per heavy atom. The smallest absolute Gasteiger partial charge is 0.191 e. The lowest BCUT2D eigenvalue weighted by molar-refractivity contribution is 0.631. The molecule has 0 radical (unpaired) electrons. The summed E-state index contributed by atoms with van der Waals surface area (Å²) in [5, 5.41) is 9.73. The first kappa shape index (κ1) is 15.4. The van der Waals surface area contributed by atoms with Gasteiger partial charge in [-0.05, 0) is 18.2 Å². The van der Waals surface area contributed by atoms with Crippen LogP contribution in [0.4, 0.5) is 10.1 Å². The highest BCUT2D eigenvalue weighted by Crippen LogP contribution is 2.33. The van der Waals surface area contributed by atoms with Gasteiger partial charge in [-0.25, -0.2) is 9.29 Å². The first-order valence-corrected chi connectivity index (χ1v) is 6.81. The molecule has 0 bridgehead atoms. The molecule has 2 aromatic carbocycles. The number of hydrogen-bond acceptors (Lipinski definition) is 2. The van der Waals surface area contributed by atoms with E-state index in [1.807, 2.05) is 6.19 Å². The molecule has 0 N–H and O–H groups in total. The lowest BCUT2D eigenvalue weighted by atomic mass is 10.0. The summed E-state index contributed by atoms with van der Waals surface area (Å²) in [6, 6.07) is 11.3. The molecule has 2 aromatic rings. The van der Waals surface area contributed by atoms with E-state index < -0.39 is 0 Å². The third-order valence-corrected chi connectivity index (χ3v) is 3.59. The van der Waals surface area contributed by atoms with Crippen molar-refractivity contribution in [3.63, 3.8) is 0 Å². The first-order valence-electron chi connectivity index (χ1n) is 5.98. The predicted molar refractivity (Wildman–Crippen MR) is 87.3 cm³/mol. The van der Waals surface area contributed by atoms with Crippen LogP contribution >= 0.6 is 24.2 Å². The second-order valence-corrected chi connectivity index (χ2v) is 4.91. The Kier molecular flexibility index (Phi) is 4.84. The van der Waals surface area contributed by atoms with Gasteiger partial charge in [-0.2, -0.15) is 5.26 Å². The number of halogens is 2. The van der Waals surface area contributed by atoms with Gasteiger partial charge in [0.1, 0.15) is 5.82 Å². The maximum Gasteiger partial charge on any atom is 0.191 e. The Morgan fingerprint density at radius 3 is 2.57 bits per heavy atom. The van der Waals surface area contributed by atoms with Crippen molar-refractivity contribution < 1.29 is 4.39 Å². The summed E-state index contributed by atoms with van der Waals surface area (Å²) >= 11 is 10.3. The van der Waals surface area contributed by atoms with Crippen LogP contribution < -0.4 is 4.90 Å². The van der Waals surface area contributed by atoms with Crippen molar-refractivity contribution in [2.75, 3.05) is 11.9 Å². The highest BCUT2D eigenvalue weighted by Gasteiger charge is 2.13. The summed E-state index contributed by atoms with van der Waals surface area (Å²) in [6.07, 6.45) is 1.96. The molecule has 2 rings (SSSR count). The monoisotopic (exact) mass is 319 g/mol. The zero-order chi connectivity index (χ0) is 15.4. The van der Waals surface area contributed by atoms with E-state index >= 15 is 0 Å². The molecule has 0 amide bonds. The first-order chi connectivity index (χ1) is 10.1. The van der Waals surface area contributed by atoms with Crippen molar-refractivity contribution in [3.8, 4) is 17.3 Å². The van der Waals surface area contributed by atoms with Crippen molar-refractivity contribution in [1.82, 2.24) is 0 Å². The normalized spacial score (nSPS) is 11.1. The largest absolute Gasteiger partial charge is 0.265 e. The van der Waals surface area contributed by atoms with E-state index in [0.717, 1.165) is 0 Å². The number of aliphatic imine (C=N–C) groups is 1. The lowest BCUT2D eigenvalue weighted by Crippen LogP contribution is -2.20. The maximum atomic E-state index is 13.8. The molecule has 0 saturated heterocycles. The number of benzene rings is 2. The standard InChI is InChI=1S/C15H11ClFN3S/c1-19-15(21)20(9-18)10-6-7-11(13(16)8-10)12-4-2-3-5-14(12)17/h2-8H,1H3,(H,19,21). The van der Waals surface area contributed by atoms with Crippen LogP contribution in [-0.2, 0) is 0 Å². The summed E-state index contributed by atoms with van der Waals surface area (Å²) in [6.45, 7) is 0. The molecule has 0 fully saturated rings. The summed E-state index contributed by atoms with van der Waals surface area (Å²) in [7, 11) is 1.53. The molecule has 0 aromatic heterocycles. The summed E-state index contributed by atoms with van der Waals surface area (Å²) in [5.74, 6) is -0.353. The zero-order valence-corrected chi connectivity index (χ0v) is 12.7. The fraction of sp³-hybridized carbons (Fsp3) is 0.0667. The van der Waals surface area contributed by atoms with Gasteiger partial charge in [0, 0.05) is 18.2 Å². The van der Waals surface area contributed by atoms with Gasteiger partial charge in [0.05, 0.1) is 10.7 Å². The SMILES string of the molecule is C/N=C(\S)N(C#N)c1ccc(-c2ccccc2F)c(Cl)c1. The predicted octanol–water partition coefficient (Wildman–Crippen LogP) is 4.35. The van der Waals surface area contributed by atoms with Gasteiger partial charge >= 0.3 is 0 Å². The van der Waals surface area contributed by atoms with Gasteiger partial charge in [0.15, 0.2) is 11.4 Å². The van der Waals surface area contributed by atoms with Crippen molar-refractivity contribution in [1.29, 1.82) is 5.26 Å². The van der Waals surface area contributed by atoms with E-state index in [1.54, 1.807) is 36.4 Å². The van der Waals surface area contributed by atoms with E-state index in [-0.39, 0.29) is 11.0 Å². The molecule has 0 unspecified atom stereocenters. The Bertz CT molecular complexity index is 740. The molecule has 0 heterocycles. The van der Waals surface area contributed by atoms with Gasteiger partial charge in [-0.3, -0.25) is 4.99 Å². The minimum atomic E-state index is -0.353. The van der Waals surface area contributed by atoms with Crippen LogP contribution in [0.15, 0.2) is 47.5 Å². The number of amidine groups is 1. The molecule has 3 nitrogen and oxygen atoms in total. The van der Waals surface area contributed by atoms with Crippen LogP contribution in [0.5, 0.6) is 0 Å². The Hall–Kier alpha value is -2.03. The van der Waals surface area contributed by atoms with Gasteiger partial charge in [-0.15, -0.1) is 12.6 Å². The van der Waals surface area contributed by atoms with Crippen LogP contribution in [0.3, 0.4) is 0 Å². The van der Waals surface area contributed by atoms with Gasteiger partial charge in [0.2, 0.25) is 0 Å². The van der Waals surface area contributed by atoms with E-state index in [1.165, 1.54) is 18.0 Å². The second kappa shape index (κ2) is 6.61. The van der Waals surface area contributed by atoms with Gasteiger partial charge < -0.3 is 0 Å². The fourth-order valence-electron chi connectivity index (χ4n) is 1.86. The molecule has 0 aliphatic heterocycles. The molecular formula is C15H11ClFN3S. The average Bonchev–Trinajstić information content (AvgIpc) is 2.49. The number of hydrogen-bond donors (Lipinski definition) is 1. The Labute approximate surface area is 132 Å². The summed E-state index contributed by atoms with van der Waals surface area (Å²) in [4.78, 5) is 5.06. The molecular weight excluding hydrogens is 309 g/mol. The van der Waals surface area contributed by atoms with E-state index in [2.05, 4.69) is 17.6 Å². The summed E-state index contributed by atoms with van der Waals surface area (Å²) < 4.78 is 13.8. The van der Waals surface area contributed by atoms with E-state index in [9.17, 15) is 4.39 Å². The van der Waals surface area contributed by atoms with Crippen LogP contribution in [0.2, 0.25) is 5.02 Å². The fourth-order valence-corrected chi connectivity index (χ4v) is 2.30. The molecule has 0 spiro atoms. The van der Waals surface area contributed by atoms with E-state index in [4.69, 9.17) is 16.9 Å². The third-order valence-electron chi connectivity index (χ3n) is 2.87. The Morgan fingerprint density at radius 2 is 2.00 bits per heavy atom. The van der Waals surface area contributed by atoms with Crippen LogP contribution in [0.1, 0.15) is 0 Å². The quantitative estimate of drug-likeness (QED) is 0.294. The minimum Gasteiger partial charge on any atom is -0.265 e. The van der Waals surface area contributed by atoms with Crippen molar-refractivity contribution >= 4 is 35.1 Å². The minimum absolute atomic E-state index is 0.243. The molecule has 106 valence electrons. The number of nitrogens with zero attached hydrogens (tertiary/aromatic N) is 3. The third kappa shape index (κ3) is 3.18. The number of rotatable bonds is 2. The number of thiol groups is 1. The van der Waals surface area contributed by atoms with E-state index in [0.29, 0.717) is 21.8 Å². The molecule has 0 aliphatic rings. The molecule has 0 saturated carbocycles. The average molecular weight is 320 g/mol. The zero-order valence-electron chi connectivity index (χ0n) is 11.1. The lowest BCUT2D eigenvalue weighted by Gasteiger charge is -2.15. The number of nitriles is 1.